The Hall–Kier alpha value is -3.41. The number of carbonyl (C=O) groups is 2. The lowest BCUT2D eigenvalue weighted by Crippen LogP contribution is -2.11. The maximum absolute atomic E-state index is 12.1. The molecular weight excluding hydrogens is 306 g/mol. The molecule has 3 aromatic rings. The standard InChI is InChI=1S/C18H15N3O3/c1-11(13-7-6-12-4-2-3-5-14(12)9-13)8-16(22)20-15-10-19-21-17(15)18(23)24/h2-10H,1H3,(H,19,21)(H,20,22)(H,23,24). The number of carboxylic acids is 1. The molecule has 24 heavy (non-hydrogen) atoms. The van der Waals surface area contributed by atoms with Crippen molar-refractivity contribution in [1.82, 2.24) is 10.2 Å². The highest BCUT2D eigenvalue weighted by atomic mass is 16.4. The van der Waals surface area contributed by atoms with Crippen LogP contribution in [0, 0.1) is 0 Å². The highest BCUT2D eigenvalue weighted by molar-refractivity contribution is 6.06. The first-order valence-electron chi connectivity index (χ1n) is 7.30. The van der Waals surface area contributed by atoms with Crippen LogP contribution >= 0.6 is 0 Å². The van der Waals surface area contributed by atoms with E-state index in [2.05, 4.69) is 15.5 Å². The van der Waals surface area contributed by atoms with Crippen LogP contribution < -0.4 is 5.32 Å². The van der Waals surface area contributed by atoms with Gasteiger partial charge >= 0.3 is 5.97 Å². The van der Waals surface area contributed by atoms with Crippen molar-refractivity contribution in [3.63, 3.8) is 0 Å². The number of rotatable bonds is 4. The molecule has 0 aliphatic rings. The van der Waals surface area contributed by atoms with Gasteiger partial charge in [-0.05, 0) is 34.9 Å². The van der Waals surface area contributed by atoms with Crippen LogP contribution in [0.2, 0.25) is 0 Å². The van der Waals surface area contributed by atoms with Crippen LogP contribution in [-0.2, 0) is 4.79 Å². The topological polar surface area (TPSA) is 95.1 Å². The summed E-state index contributed by atoms with van der Waals surface area (Å²) in [6.45, 7) is 1.83. The van der Waals surface area contributed by atoms with E-state index < -0.39 is 11.9 Å². The SMILES string of the molecule is CC(=CC(=O)Nc1cn[nH]c1C(=O)O)c1ccc2ccccc2c1. The van der Waals surface area contributed by atoms with E-state index in [-0.39, 0.29) is 11.4 Å². The highest BCUT2D eigenvalue weighted by Gasteiger charge is 2.13. The van der Waals surface area contributed by atoms with Crippen molar-refractivity contribution in [2.24, 2.45) is 0 Å². The first-order valence-corrected chi connectivity index (χ1v) is 7.30. The van der Waals surface area contributed by atoms with Crippen molar-refractivity contribution in [1.29, 1.82) is 0 Å². The molecule has 6 nitrogen and oxygen atoms in total. The lowest BCUT2D eigenvalue weighted by atomic mass is 10.0. The molecule has 3 N–H and O–H groups in total. The Kier molecular flexibility index (Phi) is 4.11. The van der Waals surface area contributed by atoms with Crippen molar-refractivity contribution < 1.29 is 14.7 Å². The molecule has 1 aromatic heterocycles. The molecule has 0 fully saturated rings. The lowest BCUT2D eigenvalue weighted by molar-refractivity contribution is -0.111. The van der Waals surface area contributed by atoms with Gasteiger partial charge < -0.3 is 10.4 Å². The number of hydrogen-bond acceptors (Lipinski definition) is 3. The Morgan fingerprint density at radius 2 is 1.92 bits per heavy atom. The number of hydrogen-bond donors (Lipinski definition) is 3. The number of benzene rings is 2. The van der Waals surface area contributed by atoms with Crippen molar-refractivity contribution >= 4 is 33.9 Å². The number of nitrogens with zero attached hydrogens (tertiary/aromatic N) is 1. The average molecular weight is 321 g/mol. The fourth-order valence-corrected chi connectivity index (χ4v) is 2.43. The minimum atomic E-state index is -1.18. The second kappa shape index (κ2) is 6.37. The van der Waals surface area contributed by atoms with Gasteiger partial charge in [-0.1, -0.05) is 36.4 Å². The number of carboxylic acid groups (broad SMARTS) is 1. The molecule has 2 aromatic carbocycles. The summed E-state index contributed by atoms with van der Waals surface area (Å²) in [4.78, 5) is 23.1. The maximum Gasteiger partial charge on any atom is 0.356 e. The van der Waals surface area contributed by atoms with E-state index in [1.54, 1.807) is 0 Å². The summed E-state index contributed by atoms with van der Waals surface area (Å²) in [5.41, 5.74) is 1.68. The molecule has 0 radical (unpaired) electrons. The third-order valence-corrected chi connectivity index (χ3v) is 3.66. The number of allylic oxidation sites excluding steroid dienone is 1. The van der Waals surface area contributed by atoms with Gasteiger partial charge in [-0.3, -0.25) is 9.89 Å². The monoisotopic (exact) mass is 321 g/mol. The molecule has 0 bridgehead atoms. The zero-order chi connectivity index (χ0) is 17.1. The number of carbonyl (C=O) groups excluding carboxylic acids is 1. The molecule has 0 aliphatic carbocycles. The number of amides is 1. The second-order valence-electron chi connectivity index (χ2n) is 5.34. The van der Waals surface area contributed by atoms with Gasteiger partial charge in [-0.15, -0.1) is 0 Å². The van der Waals surface area contributed by atoms with E-state index >= 15 is 0 Å². The van der Waals surface area contributed by atoms with E-state index in [0.29, 0.717) is 0 Å². The van der Waals surface area contributed by atoms with Gasteiger partial charge in [0.05, 0.1) is 11.9 Å². The van der Waals surface area contributed by atoms with Crippen molar-refractivity contribution in [2.75, 3.05) is 5.32 Å². The van der Waals surface area contributed by atoms with Gasteiger partial charge in [0, 0.05) is 6.08 Å². The third-order valence-electron chi connectivity index (χ3n) is 3.66. The number of fused-ring (bicyclic) bond motifs is 1. The Bertz CT molecular complexity index is 957. The van der Waals surface area contributed by atoms with Crippen LogP contribution in [0.25, 0.3) is 16.3 Å². The normalized spacial score (nSPS) is 11.5. The molecule has 0 spiro atoms. The smallest absolute Gasteiger partial charge is 0.356 e. The fourth-order valence-electron chi connectivity index (χ4n) is 2.43. The van der Waals surface area contributed by atoms with Gasteiger partial charge in [0.1, 0.15) is 0 Å². The van der Waals surface area contributed by atoms with Crippen LogP contribution in [0.3, 0.4) is 0 Å². The van der Waals surface area contributed by atoms with E-state index in [1.807, 2.05) is 49.4 Å². The number of anilines is 1. The summed E-state index contributed by atoms with van der Waals surface area (Å²) < 4.78 is 0. The summed E-state index contributed by atoms with van der Waals surface area (Å²) in [7, 11) is 0. The summed E-state index contributed by atoms with van der Waals surface area (Å²) >= 11 is 0. The first kappa shape index (κ1) is 15.5. The minimum absolute atomic E-state index is 0.134. The van der Waals surface area contributed by atoms with Crippen molar-refractivity contribution in [2.45, 2.75) is 6.92 Å². The van der Waals surface area contributed by atoms with E-state index in [4.69, 9.17) is 5.11 Å². The maximum atomic E-state index is 12.1. The number of nitrogens with one attached hydrogen (secondary N) is 2. The third kappa shape index (κ3) is 3.17. The Labute approximate surface area is 137 Å². The zero-order valence-electron chi connectivity index (χ0n) is 12.9. The quantitative estimate of drug-likeness (QED) is 0.642. The van der Waals surface area contributed by atoms with Crippen molar-refractivity contribution in [3.8, 4) is 0 Å². The van der Waals surface area contributed by atoms with Gasteiger partial charge in [0.25, 0.3) is 0 Å². The van der Waals surface area contributed by atoms with Gasteiger partial charge in [0.15, 0.2) is 5.69 Å². The van der Waals surface area contributed by atoms with Crippen LogP contribution in [0.5, 0.6) is 0 Å². The average Bonchev–Trinajstić information content (AvgIpc) is 3.02. The molecule has 0 saturated carbocycles. The molecule has 0 aliphatic heterocycles. The largest absolute Gasteiger partial charge is 0.476 e. The number of aromatic nitrogens is 2. The Balaban J connectivity index is 1.82. The van der Waals surface area contributed by atoms with E-state index in [9.17, 15) is 9.59 Å². The molecule has 120 valence electrons. The minimum Gasteiger partial charge on any atom is -0.476 e. The number of aromatic carboxylic acids is 1. The number of aromatic amines is 1. The van der Waals surface area contributed by atoms with Crippen LogP contribution in [0.15, 0.2) is 54.7 Å². The molecule has 0 unspecified atom stereocenters. The Morgan fingerprint density at radius 3 is 2.67 bits per heavy atom. The predicted octanol–water partition coefficient (Wildman–Crippen LogP) is 3.30. The van der Waals surface area contributed by atoms with E-state index in [1.165, 1.54) is 12.3 Å². The molecular formula is C18H15N3O3. The van der Waals surface area contributed by atoms with Crippen LogP contribution in [0.1, 0.15) is 23.0 Å². The summed E-state index contributed by atoms with van der Waals surface area (Å²) in [5, 5.41) is 19.7. The van der Waals surface area contributed by atoms with Gasteiger partial charge in [0.2, 0.25) is 5.91 Å². The first-order chi connectivity index (χ1) is 11.5. The molecule has 1 amide bonds. The molecule has 1 heterocycles. The van der Waals surface area contributed by atoms with Gasteiger partial charge in [-0.25, -0.2) is 4.79 Å². The lowest BCUT2D eigenvalue weighted by Gasteiger charge is -2.05. The highest BCUT2D eigenvalue weighted by Crippen LogP contribution is 2.21. The molecule has 3 rings (SSSR count). The van der Waals surface area contributed by atoms with Gasteiger partial charge in [-0.2, -0.15) is 5.10 Å². The molecule has 0 saturated heterocycles. The summed E-state index contributed by atoms with van der Waals surface area (Å²) in [5.74, 6) is -1.59. The van der Waals surface area contributed by atoms with Crippen molar-refractivity contribution in [3.05, 3.63) is 66.0 Å². The molecule has 0 atom stereocenters. The Morgan fingerprint density at radius 1 is 1.17 bits per heavy atom. The summed E-state index contributed by atoms with van der Waals surface area (Å²) in [6.07, 6.45) is 2.70. The second-order valence-corrected chi connectivity index (χ2v) is 5.34. The predicted molar refractivity (Wildman–Crippen MR) is 91.8 cm³/mol. The van der Waals surface area contributed by atoms with Crippen LogP contribution in [-0.4, -0.2) is 27.2 Å². The fraction of sp³-hybridized carbons (Fsp3) is 0.0556. The zero-order valence-corrected chi connectivity index (χ0v) is 12.9. The molecule has 6 heteroatoms. The number of H-pyrrole nitrogens is 1. The van der Waals surface area contributed by atoms with Crippen LogP contribution in [0.4, 0.5) is 5.69 Å². The summed E-state index contributed by atoms with van der Waals surface area (Å²) in [6, 6.07) is 13.9. The van der Waals surface area contributed by atoms with E-state index in [0.717, 1.165) is 21.9 Å².